The summed E-state index contributed by atoms with van der Waals surface area (Å²) in [5.41, 5.74) is 1.39. The summed E-state index contributed by atoms with van der Waals surface area (Å²) in [6, 6.07) is 4.55. The average molecular weight is 320 g/mol. The zero-order chi connectivity index (χ0) is 14.9. The predicted molar refractivity (Wildman–Crippen MR) is 88.0 cm³/mol. The van der Waals surface area contributed by atoms with Crippen molar-refractivity contribution >= 4 is 29.0 Å². The SMILES string of the molecule is CSC1(C#N)CCN(C(=O)c2cc3c(s2)CCCC3)CC1. The van der Waals surface area contributed by atoms with Gasteiger partial charge >= 0.3 is 0 Å². The van der Waals surface area contributed by atoms with Crippen molar-refractivity contribution in [1.82, 2.24) is 4.90 Å². The highest BCUT2D eigenvalue weighted by atomic mass is 32.2. The van der Waals surface area contributed by atoms with Gasteiger partial charge in [-0.2, -0.15) is 5.26 Å². The fourth-order valence-corrected chi connectivity index (χ4v) is 5.09. The van der Waals surface area contributed by atoms with Gasteiger partial charge in [-0.15, -0.1) is 23.1 Å². The van der Waals surface area contributed by atoms with E-state index in [1.54, 1.807) is 23.1 Å². The van der Waals surface area contributed by atoms with Crippen LogP contribution in [0.3, 0.4) is 0 Å². The summed E-state index contributed by atoms with van der Waals surface area (Å²) in [7, 11) is 0. The maximum absolute atomic E-state index is 12.7. The van der Waals surface area contributed by atoms with Crippen LogP contribution in [0.2, 0.25) is 0 Å². The number of hydrogen-bond donors (Lipinski definition) is 0. The van der Waals surface area contributed by atoms with E-state index >= 15 is 0 Å². The molecule has 1 aromatic heterocycles. The molecule has 2 aliphatic rings. The summed E-state index contributed by atoms with van der Waals surface area (Å²) >= 11 is 3.32. The molecule has 21 heavy (non-hydrogen) atoms. The van der Waals surface area contributed by atoms with E-state index in [0.29, 0.717) is 13.1 Å². The minimum absolute atomic E-state index is 0.169. The Morgan fingerprint density at radius 3 is 2.71 bits per heavy atom. The van der Waals surface area contributed by atoms with Crippen LogP contribution in [0.25, 0.3) is 0 Å². The van der Waals surface area contributed by atoms with Crippen molar-refractivity contribution in [3.63, 3.8) is 0 Å². The van der Waals surface area contributed by atoms with Crippen molar-refractivity contribution in [2.45, 2.75) is 43.3 Å². The lowest BCUT2D eigenvalue weighted by molar-refractivity contribution is 0.0721. The molecular weight excluding hydrogens is 300 g/mol. The van der Waals surface area contributed by atoms with Crippen LogP contribution < -0.4 is 0 Å². The predicted octanol–water partition coefficient (Wildman–Crippen LogP) is 3.49. The van der Waals surface area contributed by atoms with Gasteiger partial charge < -0.3 is 4.90 Å². The van der Waals surface area contributed by atoms with Crippen molar-refractivity contribution in [2.24, 2.45) is 0 Å². The lowest BCUT2D eigenvalue weighted by Gasteiger charge is -2.35. The monoisotopic (exact) mass is 320 g/mol. The Labute approximate surface area is 134 Å². The first kappa shape index (κ1) is 14.9. The van der Waals surface area contributed by atoms with Gasteiger partial charge in [-0.25, -0.2) is 0 Å². The van der Waals surface area contributed by atoms with Crippen LogP contribution in [-0.2, 0) is 12.8 Å². The highest BCUT2D eigenvalue weighted by molar-refractivity contribution is 8.00. The molecule has 1 aliphatic carbocycles. The molecule has 0 atom stereocenters. The lowest BCUT2D eigenvalue weighted by Crippen LogP contribution is -2.44. The molecule has 1 amide bonds. The summed E-state index contributed by atoms with van der Waals surface area (Å²) in [5.74, 6) is 0.169. The van der Waals surface area contributed by atoms with E-state index in [1.165, 1.54) is 23.3 Å². The Balaban J connectivity index is 1.70. The number of hydrogen-bond acceptors (Lipinski definition) is 4. The van der Waals surface area contributed by atoms with E-state index in [2.05, 4.69) is 12.1 Å². The second-order valence-electron chi connectivity index (χ2n) is 5.87. The van der Waals surface area contributed by atoms with Crippen LogP contribution >= 0.6 is 23.1 Å². The Bertz CT molecular complexity index is 556. The minimum atomic E-state index is -0.286. The number of carbonyl (C=O) groups is 1. The average Bonchev–Trinajstić information content (AvgIpc) is 2.98. The maximum Gasteiger partial charge on any atom is 0.263 e. The van der Waals surface area contributed by atoms with Gasteiger partial charge in [0.05, 0.1) is 10.9 Å². The molecule has 0 N–H and O–H groups in total. The van der Waals surface area contributed by atoms with Gasteiger partial charge in [0.25, 0.3) is 5.91 Å². The van der Waals surface area contributed by atoms with Crippen molar-refractivity contribution in [2.75, 3.05) is 19.3 Å². The first-order valence-electron chi connectivity index (χ1n) is 7.55. The van der Waals surface area contributed by atoms with Gasteiger partial charge in [-0.3, -0.25) is 4.79 Å². The molecule has 0 aromatic carbocycles. The zero-order valence-electron chi connectivity index (χ0n) is 12.4. The number of thioether (sulfide) groups is 1. The molecule has 2 heterocycles. The standard InChI is InChI=1S/C16H20N2OS2/c1-20-16(11-17)6-8-18(9-7-16)15(19)14-10-12-4-2-3-5-13(12)21-14/h10H,2-9H2,1H3. The number of fused-ring (bicyclic) bond motifs is 1. The number of rotatable bonds is 2. The molecule has 1 saturated heterocycles. The number of aryl methyl sites for hydroxylation is 2. The number of carbonyl (C=O) groups excluding carboxylic acids is 1. The van der Waals surface area contributed by atoms with E-state index in [0.717, 1.165) is 30.6 Å². The molecule has 0 unspecified atom stereocenters. The van der Waals surface area contributed by atoms with E-state index in [-0.39, 0.29) is 10.7 Å². The smallest absolute Gasteiger partial charge is 0.263 e. The second-order valence-corrected chi connectivity index (χ2v) is 8.20. The molecule has 5 heteroatoms. The van der Waals surface area contributed by atoms with Crippen LogP contribution in [0.5, 0.6) is 0 Å². The van der Waals surface area contributed by atoms with E-state index in [9.17, 15) is 10.1 Å². The first-order chi connectivity index (χ1) is 10.2. The molecular formula is C16H20N2OS2. The summed E-state index contributed by atoms with van der Waals surface area (Å²) in [6.45, 7) is 1.41. The molecule has 1 aliphatic heterocycles. The van der Waals surface area contributed by atoms with Gasteiger partial charge in [-0.05, 0) is 56.4 Å². The molecule has 3 rings (SSSR count). The van der Waals surface area contributed by atoms with Crippen molar-refractivity contribution in [3.8, 4) is 6.07 Å². The number of thiophene rings is 1. The zero-order valence-corrected chi connectivity index (χ0v) is 14.0. The van der Waals surface area contributed by atoms with Crippen LogP contribution in [0.4, 0.5) is 0 Å². The van der Waals surface area contributed by atoms with E-state index < -0.39 is 0 Å². The molecule has 0 spiro atoms. The van der Waals surface area contributed by atoms with Gasteiger partial charge in [-0.1, -0.05) is 0 Å². The van der Waals surface area contributed by atoms with E-state index in [1.807, 2.05) is 11.2 Å². The number of nitriles is 1. The summed E-state index contributed by atoms with van der Waals surface area (Å²) < 4.78 is -0.286. The van der Waals surface area contributed by atoms with Gasteiger partial charge in [0, 0.05) is 18.0 Å². The van der Waals surface area contributed by atoms with Crippen LogP contribution in [-0.4, -0.2) is 34.9 Å². The highest BCUT2D eigenvalue weighted by Crippen LogP contribution is 2.35. The van der Waals surface area contributed by atoms with Crippen LogP contribution in [0.15, 0.2) is 6.07 Å². The molecule has 0 bridgehead atoms. The highest BCUT2D eigenvalue weighted by Gasteiger charge is 2.36. The summed E-state index contributed by atoms with van der Waals surface area (Å²) in [5, 5.41) is 9.32. The number of likely N-dealkylation sites (tertiary alicyclic amines) is 1. The van der Waals surface area contributed by atoms with Crippen molar-refractivity contribution in [1.29, 1.82) is 5.26 Å². The third-order valence-electron chi connectivity index (χ3n) is 4.66. The Kier molecular flexibility index (Phi) is 4.28. The second kappa shape index (κ2) is 6.02. The largest absolute Gasteiger partial charge is 0.338 e. The third kappa shape index (κ3) is 2.84. The van der Waals surface area contributed by atoms with Gasteiger partial charge in [0.15, 0.2) is 0 Å². The minimum Gasteiger partial charge on any atom is -0.338 e. The lowest BCUT2D eigenvalue weighted by atomic mass is 9.97. The molecule has 1 fully saturated rings. The quantitative estimate of drug-likeness (QED) is 0.838. The molecule has 0 saturated carbocycles. The van der Waals surface area contributed by atoms with Crippen molar-refractivity contribution < 1.29 is 4.79 Å². The van der Waals surface area contributed by atoms with Crippen LogP contribution in [0.1, 0.15) is 45.8 Å². The van der Waals surface area contributed by atoms with Gasteiger partial charge in [0.2, 0.25) is 0 Å². The maximum atomic E-state index is 12.7. The fraction of sp³-hybridized carbons (Fsp3) is 0.625. The topological polar surface area (TPSA) is 44.1 Å². The fourth-order valence-electron chi connectivity index (χ4n) is 3.18. The first-order valence-corrected chi connectivity index (χ1v) is 9.59. The van der Waals surface area contributed by atoms with Crippen LogP contribution in [0, 0.1) is 11.3 Å². The normalized spacial score (nSPS) is 20.7. The summed E-state index contributed by atoms with van der Waals surface area (Å²) in [4.78, 5) is 16.9. The molecule has 112 valence electrons. The number of amides is 1. The Morgan fingerprint density at radius 2 is 2.10 bits per heavy atom. The number of nitrogens with zero attached hydrogens (tertiary/aromatic N) is 2. The van der Waals surface area contributed by atoms with Gasteiger partial charge in [0.1, 0.15) is 4.75 Å². The third-order valence-corrected chi connectivity index (χ3v) is 7.17. The van der Waals surface area contributed by atoms with Crippen molar-refractivity contribution in [3.05, 3.63) is 21.4 Å². The number of piperidine rings is 1. The molecule has 1 aromatic rings. The Hall–Kier alpha value is -0.990. The van der Waals surface area contributed by atoms with E-state index in [4.69, 9.17) is 0 Å². The molecule has 0 radical (unpaired) electrons. The Morgan fingerprint density at radius 1 is 1.38 bits per heavy atom. The molecule has 3 nitrogen and oxygen atoms in total. The summed E-state index contributed by atoms with van der Waals surface area (Å²) in [6.07, 6.45) is 8.32.